The van der Waals surface area contributed by atoms with Crippen LogP contribution in [0.15, 0.2) is 16.5 Å². The van der Waals surface area contributed by atoms with Gasteiger partial charge < -0.3 is 14.2 Å². The van der Waals surface area contributed by atoms with Crippen molar-refractivity contribution in [2.75, 3.05) is 33.2 Å². The molecule has 0 radical (unpaired) electrons. The first kappa shape index (κ1) is 14.3. The van der Waals surface area contributed by atoms with E-state index in [0.717, 1.165) is 13.1 Å². The monoisotopic (exact) mass is 283 g/mol. The average Bonchev–Trinajstić information content (AvgIpc) is 2.88. The maximum Gasteiger partial charge on any atom is 0.433 e. The zero-order valence-electron chi connectivity index (χ0n) is 11.2. The SMILES string of the molecule is CN1CCN(C(=O)NNCc2ccc([N+](=O)[O-])o2)CC1. The summed E-state index contributed by atoms with van der Waals surface area (Å²) in [6, 6.07) is 2.56. The normalized spacial score (nSPS) is 16.1. The number of urea groups is 1. The summed E-state index contributed by atoms with van der Waals surface area (Å²) >= 11 is 0. The number of nitrogens with one attached hydrogen (secondary N) is 2. The molecule has 0 aromatic carbocycles. The summed E-state index contributed by atoms with van der Waals surface area (Å²) in [7, 11) is 2.01. The largest absolute Gasteiger partial charge is 0.433 e. The van der Waals surface area contributed by atoms with Gasteiger partial charge in [0, 0.05) is 26.2 Å². The number of carbonyl (C=O) groups is 1. The van der Waals surface area contributed by atoms with Gasteiger partial charge in [-0.05, 0) is 13.1 Å². The molecule has 9 nitrogen and oxygen atoms in total. The van der Waals surface area contributed by atoms with E-state index in [1.54, 1.807) is 4.90 Å². The molecule has 2 N–H and O–H groups in total. The van der Waals surface area contributed by atoms with Gasteiger partial charge in [0.05, 0.1) is 12.6 Å². The third-order valence-corrected chi connectivity index (χ3v) is 3.08. The van der Waals surface area contributed by atoms with Crippen molar-refractivity contribution in [2.24, 2.45) is 0 Å². The molecular formula is C11H17N5O4. The second kappa shape index (κ2) is 6.35. The molecule has 1 aromatic heterocycles. The van der Waals surface area contributed by atoms with Gasteiger partial charge in [0.25, 0.3) is 0 Å². The summed E-state index contributed by atoms with van der Waals surface area (Å²) in [5.41, 5.74) is 5.23. The second-order valence-electron chi connectivity index (χ2n) is 4.57. The van der Waals surface area contributed by atoms with Crippen molar-refractivity contribution in [3.8, 4) is 0 Å². The summed E-state index contributed by atoms with van der Waals surface area (Å²) in [5.74, 6) is 0.0718. The molecular weight excluding hydrogens is 266 g/mol. The zero-order valence-corrected chi connectivity index (χ0v) is 11.2. The second-order valence-corrected chi connectivity index (χ2v) is 4.57. The number of likely N-dealkylation sites (N-methyl/N-ethyl adjacent to an activating group) is 1. The van der Waals surface area contributed by atoms with E-state index in [9.17, 15) is 14.9 Å². The molecule has 1 aromatic rings. The fraction of sp³-hybridized carbons (Fsp3) is 0.545. The van der Waals surface area contributed by atoms with Crippen molar-refractivity contribution in [1.82, 2.24) is 20.7 Å². The predicted molar refractivity (Wildman–Crippen MR) is 69.8 cm³/mol. The number of carbonyl (C=O) groups excluding carboxylic acids is 1. The topological polar surface area (TPSA) is 104 Å². The maximum atomic E-state index is 11.8. The highest BCUT2D eigenvalue weighted by Crippen LogP contribution is 2.14. The number of nitro groups is 1. The summed E-state index contributed by atoms with van der Waals surface area (Å²) in [6.07, 6.45) is 0. The van der Waals surface area contributed by atoms with Gasteiger partial charge in [0.2, 0.25) is 0 Å². The molecule has 1 fully saturated rings. The molecule has 0 atom stereocenters. The van der Waals surface area contributed by atoms with Gasteiger partial charge in [-0.1, -0.05) is 0 Å². The van der Waals surface area contributed by atoms with E-state index < -0.39 is 4.92 Å². The van der Waals surface area contributed by atoms with Crippen LogP contribution in [-0.2, 0) is 6.54 Å². The Kier molecular flexibility index (Phi) is 4.53. The number of hydrogen-bond donors (Lipinski definition) is 2. The molecule has 1 aliphatic rings. The molecule has 0 spiro atoms. The van der Waals surface area contributed by atoms with E-state index in [4.69, 9.17) is 4.42 Å². The predicted octanol–water partition coefficient (Wildman–Crippen LogP) is 0.149. The molecule has 0 unspecified atom stereocenters. The molecule has 20 heavy (non-hydrogen) atoms. The third-order valence-electron chi connectivity index (χ3n) is 3.08. The Bertz CT molecular complexity index is 481. The van der Waals surface area contributed by atoms with Gasteiger partial charge in [-0.25, -0.2) is 10.2 Å². The van der Waals surface area contributed by atoms with E-state index in [1.807, 2.05) is 7.05 Å². The van der Waals surface area contributed by atoms with Crippen LogP contribution in [0.5, 0.6) is 0 Å². The minimum absolute atomic E-state index is 0.188. The molecule has 2 heterocycles. The summed E-state index contributed by atoms with van der Waals surface area (Å²) in [6.45, 7) is 3.23. The minimum atomic E-state index is -0.605. The van der Waals surface area contributed by atoms with E-state index in [1.165, 1.54) is 12.1 Å². The highest BCUT2D eigenvalue weighted by molar-refractivity contribution is 5.73. The Morgan fingerprint density at radius 1 is 1.40 bits per heavy atom. The lowest BCUT2D eigenvalue weighted by Crippen LogP contribution is -2.53. The molecule has 2 amide bonds. The Morgan fingerprint density at radius 3 is 2.70 bits per heavy atom. The first-order valence-electron chi connectivity index (χ1n) is 6.25. The molecule has 0 aliphatic carbocycles. The van der Waals surface area contributed by atoms with Crippen LogP contribution < -0.4 is 10.9 Å². The summed E-state index contributed by atoms with van der Waals surface area (Å²) in [5, 5.41) is 10.4. The number of hydrogen-bond acceptors (Lipinski definition) is 6. The van der Waals surface area contributed by atoms with E-state index in [0.29, 0.717) is 18.8 Å². The van der Waals surface area contributed by atoms with Crippen molar-refractivity contribution in [3.63, 3.8) is 0 Å². The summed E-state index contributed by atoms with van der Waals surface area (Å²) < 4.78 is 4.95. The van der Waals surface area contributed by atoms with Crippen LogP contribution in [-0.4, -0.2) is 54.0 Å². The molecule has 110 valence electrons. The van der Waals surface area contributed by atoms with Gasteiger partial charge in [0.15, 0.2) is 0 Å². The fourth-order valence-electron chi connectivity index (χ4n) is 1.86. The van der Waals surface area contributed by atoms with Crippen LogP contribution in [0.3, 0.4) is 0 Å². The highest BCUT2D eigenvalue weighted by Gasteiger charge is 2.18. The van der Waals surface area contributed by atoms with Crippen LogP contribution in [0, 0.1) is 10.1 Å². The number of hydrazine groups is 1. The van der Waals surface area contributed by atoms with Crippen LogP contribution in [0.25, 0.3) is 0 Å². The minimum Gasteiger partial charge on any atom is -0.404 e. The number of piperazine rings is 1. The van der Waals surface area contributed by atoms with Crippen molar-refractivity contribution in [3.05, 3.63) is 28.0 Å². The summed E-state index contributed by atoms with van der Waals surface area (Å²) in [4.78, 5) is 25.5. The van der Waals surface area contributed by atoms with Crippen molar-refractivity contribution in [2.45, 2.75) is 6.54 Å². The van der Waals surface area contributed by atoms with Crippen molar-refractivity contribution >= 4 is 11.9 Å². The third kappa shape index (κ3) is 3.68. The average molecular weight is 283 g/mol. The lowest BCUT2D eigenvalue weighted by atomic mass is 10.3. The highest BCUT2D eigenvalue weighted by atomic mass is 16.6. The fourth-order valence-corrected chi connectivity index (χ4v) is 1.86. The van der Waals surface area contributed by atoms with Gasteiger partial charge in [-0.2, -0.15) is 0 Å². The van der Waals surface area contributed by atoms with Crippen LogP contribution >= 0.6 is 0 Å². The maximum absolute atomic E-state index is 11.8. The Hall–Kier alpha value is -2.13. The van der Waals surface area contributed by atoms with Gasteiger partial charge in [0.1, 0.15) is 10.7 Å². The molecule has 0 bridgehead atoms. The number of furan rings is 1. The lowest BCUT2D eigenvalue weighted by molar-refractivity contribution is -0.402. The lowest BCUT2D eigenvalue weighted by Gasteiger charge is -2.32. The smallest absolute Gasteiger partial charge is 0.404 e. The van der Waals surface area contributed by atoms with Crippen LogP contribution in [0.1, 0.15) is 5.76 Å². The van der Waals surface area contributed by atoms with Crippen LogP contribution in [0.4, 0.5) is 10.7 Å². The van der Waals surface area contributed by atoms with Gasteiger partial charge in [-0.3, -0.25) is 15.5 Å². The first-order chi connectivity index (χ1) is 9.56. The molecule has 0 saturated carbocycles. The van der Waals surface area contributed by atoms with Crippen molar-refractivity contribution < 1.29 is 14.1 Å². The van der Waals surface area contributed by atoms with Crippen LogP contribution in [0.2, 0.25) is 0 Å². The number of nitrogens with zero attached hydrogens (tertiary/aromatic N) is 3. The first-order valence-corrected chi connectivity index (χ1v) is 6.25. The molecule has 9 heteroatoms. The number of amides is 2. The molecule has 1 aliphatic heterocycles. The zero-order chi connectivity index (χ0) is 14.5. The van der Waals surface area contributed by atoms with E-state index in [-0.39, 0.29) is 18.5 Å². The van der Waals surface area contributed by atoms with Gasteiger partial charge >= 0.3 is 11.9 Å². The van der Waals surface area contributed by atoms with Gasteiger partial charge in [-0.15, -0.1) is 0 Å². The Balaban J connectivity index is 1.72. The molecule has 1 saturated heterocycles. The van der Waals surface area contributed by atoms with E-state index >= 15 is 0 Å². The standard InChI is InChI=1S/C11H17N5O4/c1-14-4-6-15(7-5-14)11(17)13-12-8-9-2-3-10(20-9)16(18)19/h2-3,12H,4-8H2,1H3,(H,13,17). The number of rotatable bonds is 4. The van der Waals surface area contributed by atoms with E-state index in [2.05, 4.69) is 15.8 Å². The Morgan fingerprint density at radius 2 is 2.10 bits per heavy atom. The Labute approximate surface area is 115 Å². The van der Waals surface area contributed by atoms with Crippen molar-refractivity contribution in [1.29, 1.82) is 0 Å². The quantitative estimate of drug-likeness (QED) is 0.602. The molecule has 2 rings (SSSR count).